The first-order valence-corrected chi connectivity index (χ1v) is 8.57. The zero-order valence-corrected chi connectivity index (χ0v) is 17.7. The van der Waals surface area contributed by atoms with E-state index >= 15 is 0 Å². The molecule has 0 aromatic heterocycles. The zero-order valence-electron chi connectivity index (χ0n) is 15.4. The minimum absolute atomic E-state index is 0. The average molecular weight is 461 g/mol. The third kappa shape index (κ3) is 11.2. The largest absolute Gasteiger partial charge is 0.389 e. The Morgan fingerprint density at radius 2 is 2.12 bits per heavy atom. The van der Waals surface area contributed by atoms with Gasteiger partial charge in [0.25, 0.3) is 0 Å². The van der Waals surface area contributed by atoms with Crippen molar-refractivity contribution >= 4 is 29.9 Å². The molecule has 0 aliphatic carbocycles. The van der Waals surface area contributed by atoms with Crippen molar-refractivity contribution in [3.05, 3.63) is 48.6 Å². The van der Waals surface area contributed by atoms with Crippen LogP contribution in [0.25, 0.3) is 0 Å². The maximum absolute atomic E-state index is 10.0. The van der Waals surface area contributed by atoms with E-state index in [-0.39, 0.29) is 30.6 Å². The fourth-order valence-electron chi connectivity index (χ4n) is 2.18. The summed E-state index contributed by atoms with van der Waals surface area (Å²) in [4.78, 5) is 6.57. The van der Waals surface area contributed by atoms with Crippen molar-refractivity contribution in [2.45, 2.75) is 32.5 Å². The van der Waals surface area contributed by atoms with Crippen molar-refractivity contribution in [3.8, 4) is 0 Å². The molecule has 0 fully saturated rings. The van der Waals surface area contributed by atoms with Gasteiger partial charge in [-0.25, -0.2) is 0 Å². The van der Waals surface area contributed by atoms with Gasteiger partial charge in [-0.2, -0.15) is 0 Å². The average Bonchev–Trinajstić information content (AvgIpc) is 2.59. The topological polar surface area (TPSA) is 57.1 Å². The van der Waals surface area contributed by atoms with Crippen LogP contribution in [0.15, 0.2) is 48.0 Å². The summed E-state index contributed by atoms with van der Waals surface area (Å²) >= 11 is 0. The molecule has 0 aliphatic rings. The van der Waals surface area contributed by atoms with E-state index in [1.165, 1.54) is 0 Å². The van der Waals surface area contributed by atoms with Crippen molar-refractivity contribution in [2.24, 2.45) is 4.99 Å². The molecule has 25 heavy (non-hydrogen) atoms. The second-order valence-corrected chi connectivity index (χ2v) is 5.70. The van der Waals surface area contributed by atoms with E-state index in [0.717, 1.165) is 37.5 Å². The molecule has 1 aromatic rings. The van der Waals surface area contributed by atoms with Gasteiger partial charge in [0.2, 0.25) is 0 Å². The summed E-state index contributed by atoms with van der Waals surface area (Å²) in [5.41, 5.74) is 1.10. The van der Waals surface area contributed by atoms with Gasteiger partial charge in [0.15, 0.2) is 5.96 Å². The van der Waals surface area contributed by atoms with Gasteiger partial charge in [-0.05, 0) is 25.3 Å². The number of allylic oxidation sites excluding steroid dienone is 1. The summed E-state index contributed by atoms with van der Waals surface area (Å²) in [5.74, 6) is 0.809. The van der Waals surface area contributed by atoms with Crippen LogP contribution in [-0.4, -0.2) is 55.4 Å². The van der Waals surface area contributed by atoms with E-state index in [9.17, 15) is 5.11 Å². The van der Waals surface area contributed by atoms with E-state index in [2.05, 4.69) is 21.8 Å². The van der Waals surface area contributed by atoms with Crippen molar-refractivity contribution < 1.29 is 9.84 Å². The number of rotatable bonds is 11. The normalized spacial score (nSPS) is 12.2. The molecule has 142 valence electrons. The molecule has 0 bridgehead atoms. The lowest BCUT2D eigenvalue weighted by Crippen LogP contribution is -2.40. The summed E-state index contributed by atoms with van der Waals surface area (Å²) < 4.78 is 5.55. The van der Waals surface area contributed by atoms with Gasteiger partial charge >= 0.3 is 0 Å². The maximum atomic E-state index is 10.0. The number of halogens is 1. The van der Waals surface area contributed by atoms with E-state index < -0.39 is 6.10 Å². The van der Waals surface area contributed by atoms with Gasteiger partial charge in [0.1, 0.15) is 0 Å². The predicted molar refractivity (Wildman–Crippen MR) is 116 cm³/mol. The lowest BCUT2D eigenvalue weighted by Gasteiger charge is -2.22. The molecule has 0 heterocycles. The van der Waals surface area contributed by atoms with E-state index in [1.54, 1.807) is 0 Å². The number of hydrogen-bond donors (Lipinski definition) is 2. The minimum atomic E-state index is -0.607. The molecule has 5 nitrogen and oxygen atoms in total. The number of nitrogens with zero attached hydrogens (tertiary/aromatic N) is 2. The fraction of sp³-hybridized carbons (Fsp3) is 0.526. The van der Waals surface area contributed by atoms with Crippen LogP contribution < -0.4 is 5.32 Å². The van der Waals surface area contributed by atoms with Gasteiger partial charge < -0.3 is 20.1 Å². The van der Waals surface area contributed by atoms with Crippen molar-refractivity contribution in [1.29, 1.82) is 0 Å². The Hall–Kier alpha value is -1.12. The highest BCUT2D eigenvalue weighted by Crippen LogP contribution is 2.01. The highest BCUT2D eigenvalue weighted by Gasteiger charge is 2.08. The smallest absolute Gasteiger partial charge is 0.193 e. The van der Waals surface area contributed by atoms with Gasteiger partial charge in [0, 0.05) is 20.1 Å². The summed E-state index contributed by atoms with van der Waals surface area (Å²) in [6.45, 7) is 8.57. The van der Waals surface area contributed by atoms with Crippen molar-refractivity contribution in [2.75, 3.05) is 33.3 Å². The Morgan fingerprint density at radius 1 is 1.40 bits per heavy atom. The first-order valence-electron chi connectivity index (χ1n) is 8.57. The Labute approximate surface area is 169 Å². The molecule has 2 N–H and O–H groups in total. The molecular weight excluding hydrogens is 429 g/mol. The van der Waals surface area contributed by atoms with Crippen LogP contribution in [0.2, 0.25) is 0 Å². The van der Waals surface area contributed by atoms with E-state index in [1.807, 2.05) is 50.4 Å². The predicted octanol–water partition coefficient (Wildman–Crippen LogP) is 3.05. The third-order valence-electron chi connectivity index (χ3n) is 3.47. The highest BCUT2D eigenvalue weighted by molar-refractivity contribution is 14.0. The first kappa shape index (κ1) is 23.9. The van der Waals surface area contributed by atoms with Crippen LogP contribution in [-0.2, 0) is 11.3 Å². The first-order chi connectivity index (χ1) is 11.7. The molecule has 0 saturated heterocycles. The molecule has 0 spiro atoms. The van der Waals surface area contributed by atoms with Crippen LogP contribution >= 0.6 is 24.0 Å². The summed E-state index contributed by atoms with van der Waals surface area (Å²) in [6, 6.07) is 9.94. The summed E-state index contributed by atoms with van der Waals surface area (Å²) in [5, 5.41) is 13.3. The fourth-order valence-corrected chi connectivity index (χ4v) is 2.18. The van der Waals surface area contributed by atoms with Crippen molar-refractivity contribution in [1.82, 2.24) is 10.2 Å². The Kier molecular flexibility index (Phi) is 14.5. The number of hydrogen-bond acceptors (Lipinski definition) is 3. The zero-order chi connectivity index (χ0) is 17.6. The number of aliphatic imine (C=N–C) groups is 1. The molecule has 1 rings (SSSR count). The second kappa shape index (κ2) is 15.2. The highest BCUT2D eigenvalue weighted by atomic mass is 127. The Balaban J connectivity index is 0.00000576. The van der Waals surface area contributed by atoms with Crippen LogP contribution in [0.5, 0.6) is 0 Å². The molecule has 1 unspecified atom stereocenters. The van der Waals surface area contributed by atoms with E-state index in [0.29, 0.717) is 13.2 Å². The van der Waals surface area contributed by atoms with Crippen LogP contribution in [0.4, 0.5) is 0 Å². The number of ether oxygens (including phenoxy) is 1. The molecule has 6 heteroatoms. The van der Waals surface area contributed by atoms with Gasteiger partial charge in [0.05, 0.1) is 25.9 Å². The number of nitrogens with one attached hydrogen (secondary N) is 1. The van der Waals surface area contributed by atoms with Crippen molar-refractivity contribution in [3.63, 3.8) is 0 Å². The van der Waals surface area contributed by atoms with Gasteiger partial charge in [-0.15, -0.1) is 30.6 Å². The lowest BCUT2D eigenvalue weighted by atomic mass is 10.2. The lowest BCUT2D eigenvalue weighted by molar-refractivity contribution is 0.0330. The second-order valence-electron chi connectivity index (χ2n) is 5.70. The Bertz CT molecular complexity index is 483. The number of guanidine groups is 1. The minimum Gasteiger partial charge on any atom is -0.389 e. The monoisotopic (exact) mass is 461 g/mol. The number of aliphatic hydroxyl groups excluding tert-OH is 1. The molecule has 0 aliphatic heterocycles. The SMILES string of the molecule is C=CCCCN(C)C(=NCC(O)COCc1ccccc1)NCC.I. The van der Waals surface area contributed by atoms with Gasteiger partial charge in [-0.3, -0.25) is 4.99 Å². The molecule has 1 aromatic carbocycles. The molecule has 0 saturated carbocycles. The summed E-state index contributed by atoms with van der Waals surface area (Å²) in [7, 11) is 2.00. The standard InChI is InChI=1S/C19H31N3O2.HI/c1-4-6-10-13-22(3)19(20-5-2)21-14-18(23)16-24-15-17-11-8-7-9-12-17;/h4,7-9,11-12,18,23H,1,5-6,10,13-16H2,2-3H3,(H,20,21);1H. The van der Waals surface area contributed by atoms with E-state index in [4.69, 9.17) is 4.74 Å². The summed E-state index contributed by atoms with van der Waals surface area (Å²) in [6.07, 6.45) is 3.34. The van der Waals surface area contributed by atoms with Crippen LogP contribution in [0.3, 0.4) is 0 Å². The van der Waals surface area contributed by atoms with Gasteiger partial charge in [-0.1, -0.05) is 36.4 Å². The Morgan fingerprint density at radius 3 is 2.76 bits per heavy atom. The maximum Gasteiger partial charge on any atom is 0.193 e. The molecule has 1 atom stereocenters. The molecule has 0 radical (unpaired) electrons. The molecule has 0 amide bonds. The van der Waals surface area contributed by atoms with Crippen LogP contribution in [0, 0.1) is 0 Å². The molecular formula is C19H32IN3O2. The number of unbranched alkanes of at least 4 members (excludes halogenated alkanes) is 1. The quantitative estimate of drug-likeness (QED) is 0.175. The number of benzene rings is 1. The third-order valence-corrected chi connectivity index (χ3v) is 3.47. The van der Waals surface area contributed by atoms with Crippen LogP contribution in [0.1, 0.15) is 25.3 Å². The number of aliphatic hydroxyl groups is 1.